The number of carbonyl (C=O) groups is 2. The standard InChI is InChI=1S/C19H22N2O6S/c1-13(18(22)20-15-7-5-14(6-8-15)19(23)27-3)21(28(4,24)25)16-9-11-17(26-2)12-10-16/h5-13H,1-4H3,(H,20,22)/t13-/m1/s1. The number of hydrogen-bond acceptors (Lipinski definition) is 6. The Morgan fingerprint density at radius 2 is 1.57 bits per heavy atom. The van der Waals surface area contributed by atoms with Gasteiger partial charge < -0.3 is 14.8 Å². The van der Waals surface area contributed by atoms with Gasteiger partial charge >= 0.3 is 5.97 Å². The maximum absolute atomic E-state index is 12.6. The Balaban J connectivity index is 2.22. The van der Waals surface area contributed by atoms with Crippen molar-refractivity contribution in [1.82, 2.24) is 0 Å². The SMILES string of the molecule is COC(=O)c1ccc(NC(=O)[C@@H](C)N(c2ccc(OC)cc2)S(C)(=O)=O)cc1. The van der Waals surface area contributed by atoms with E-state index in [1.165, 1.54) is 45.4 Å². The number of nitrogens with one attached hydrogen (secondary N) is 1. The van der Waals surface area contributed by atoms with Gasteiger partial charge in [0.15, 0.2) is 0 Å². The summed E-state index contributed by atoms with van der Waals surface area (Å²) in [6, 6.07) is 11.4. The smallest absolute Gasteiger partial charge is 0.337 e. The minimum absolute atomic E-state index is 0.338. The molecule has 0 bridgehead atoms. The Hall–Kier alpha value is -3.07. The van der Waals surface area contributed by atoms with Crippen molar-refractivity contribution in [1.29, 1.82) is 0 Å². The highest BCUT2D eigenvalue weighted by molar-refractivity contribution is 7.92. The Bertz CT molecular complexity index is 939. The van der Waals surface area contributed by atoms with E-state index in [9.17, 15) is 18.0 Å². The van der Waals surface area contributed by atoms with E-state index in [0.29, 0.717) is 22.7 Å². The third-order valence-electron chi connectivity index (χ3n) is 3.99. The van der Waals surface area contributed by atoms with Crippen molar-refractivity contribution in [2.45, 2.75) is 13.0 Å². The second-order valence-electron chi connectivity index (χ2n) is 5.99. The van der Waals surface area contributed by atoms with Gasteiger partial charge in [-0.2, -0.15) is 0 Å². The first-order chi connectivity index (χ1) is 13.2. The molecule has 1 atom stereocenters. The van der Waals surface area contributed by atoms with Gasteiger partial charge in [-0.15, -0.1) is 0 Å². The summed E-state index contributed by atoms with van der Waals surface area (Å²) in [4.78, 5) is 24.1. The lowest BCUT2D eigenvalue weighted by atomic mass is 10.2. The molecule has 28 heavy (non-hydrogen) atoms. The first-order valence-electron chi connectivity index (χ1n) is 8.30. The molecule has 0 aromatic heterocycles. The van der Waals surface area contributed by atoms with E-state index in [2.05, 4.69) is 10.1 Å². The predicted molar refractivity (Wildman–Crippen MR) is 106 cm³/mol. The van der Waals surface area contributed by atoms with Crippen LogP contribution in [0, 0.1) is 0 Å². The van der Waals surface area contributed by atoms with E-state index < -0.39 is 27.9 Å². The lowest BCUT2D eigenvalue weighted by Gasteiger charge is -2.28. The van der Waals surface area contributed by atoms with Gasteiger partial charge in [-0.05, 0) is 55.5 Å². The molecule has 9 heteroatoms. The number of carbonyl (C=O) groups excluding carboxylic acids is 2. The number of methoxy groups -OCH3 is 2. The first kappa shape index (κ1) is 21.2. The van der Waals surface area contributed by atoms with Gasteiger partial charge in [0, 0.05) is 5.69 Å². The van der Waals surface area contributed by atoms with Gasteiger partial charge in [-0.1, -0.05) is 0 Å². The summed E-state index contributed by atoms with van der Waals surface area (Å²) < 4.78 is 35.3. The van der Waals surface area contributed by atoms with Crippen LogP contribution >= 0.6 is 0 Å². The molecule has 2 rings (SSSR count). The fraction of sp³-hybridized carbons (Fsp3) is 0.263. The Kier molecular flexibility index (Phi) is 6.63. The van der Waals surface area contributed by atoms with Crippen LogP contribution in [0.5, 0.6) is 5.75 Å². The van der Waals surface area contributed by atoms with Gasteiger partial charge in [-0.25, -0.2) is 13.2 Å². The maximum Gasteiger partial charge on any atom is 0.337 e. The minimum atomic E-state index is -3.72. The number of anilines is 2. The van der Waals surface area contributed by atoms with Gasteiger partial charge in [-0.3, -0.25) is 9.10 Å². The van der Waals surface area contributed by atoms with Crippen LogP contribution in [0.4, 0.5) is 11.4 Å². The van der Waals surface area contributed by atoms with Crippen molar-refractivity contribution in [3.63, 3.8) is 0 Å². The second kappa shape index (κ2) is 8.75. The molecule has 2 aromatic carbocycles. The van der Waals surface area contributed by atoms with Crippen LogP contribution in [-0.4, -0.2) is 46.8 Å². The van der Waals surface area contributed by atoms with Crippen molar-refractivity contribution in [2.75, 3.05) is 30.1 Å². The number of benzene rings is 2. The molecule has 8 nitrogen and oxygen atoms in total. The second-order valence-corrected chi connectivity index (χ2v) is 7.85. The summed E-state index contributed by atoms with van der Waals surface area (Å²) in [5.74, 6) is -0.443. The molecular weight excluding hydrogens is 384 g/mol. The van der Waals surface area contributed by atoms with Gasteiger partial charge in [0.25, 0.3) is 0 Å². The molecule has 0 heterocycles. The fourth-order valence-corrected chi connectivity index (χ4v) is 3.77. The number of nitrogens with zero attached hydrogens (tertiary/aromatic N) is 1. The molecule has 0 spiro atoms. The van der Waals surface area contributed by atoms with Gasteiger partial charge in [0.05, 0.1) is 31.7 Å². The molecule has 1 amide bonds. The molecule has 0 saturated carbocycles. The van der Waals surface area contributed by atoms with Crippen molar-refractivity contribution >= 4 is 33.3 Å². The van der Waals surface area contributed by atoms with E-state index in [1.54, 1.807) is 24.3 Å². The highest BCUT2D eigenvalue weighted by Crippen LogP contribution is 2.24. The summed E-state index contributed by atoms with van der Waals surface area (Å²) in [6.07, 6.45) is 1.03. The van der Waals surface area contributed by atoms with Gasteiger partial charge in [0.2, 0.25) is 15.9 Å². The molecule has 150 valence electrons. The Morgan fingerprint density at radius 1 is 1.00 bits per heavy atom. The zero-order valence-corrected chi connectivity index (χ0v) is 16.8. The summed E-state index contributed by atoms with van der Waals surface area (Å²) in [7, 11) is -0.944. The van der Waals surface area contributed by atoms with E-state index in [1.807, 2.05) is 0 Å². The number of esters is 1. The summed E-state index contributed by atoms with van der Waals surface area (Å²) >= 11 is 0. The average Bonchev–Trinajstić information content (AvgIpc) is 2.67. The monoisotopic (exact) mass is 406 g/mol. The molecule has 0 aliphatic carbocycles. The molecule has 0 saturated heterocycles. The molecule has 0 aliphatic rings. The molecule has 0 unspecified atom stereocenters. The third kappa shape index (κ3) is 5.01. The predicted octanol–water partition coefficient (Wildman–Crippen LogP) is 2.28. The largest absolute Gasteiger partial charge is 0.497 e. The maximum atomic E-state index is 12.6. The van der Waals surface area contributed by atoms with E-state index >= 15 is 0 Å². The Morgan fingerprint density at radius 3 is 2.04 bits per heavy atom. The average molecular weight is 406 g/mol. The number of hydrogen-bond donors (Lipinski definition) is 1. The normalized spacial score (nSPS) is 12.0. The number of ether oxygens (including phenoxy) is 2. The van der Waals surface area contributed by atoms with Crippen LogP contribution in [-0.2, 0) is 19.6 Å². The van der Waals surface area contributed by atoms with Crippen molar-refractivity contribution in [3.8, 4) is 5.75 Å². The van der Waals surface area contributed by atoms with Crippen LogP contribution in [0.3, 0.4) is 0 Å². The number of sulfonamides is 1. The topological polar surface area (TPSA) is 102 Å². The summed E-state index contributed by atoms with van der Waals surface area (Å²) in [5, 5.41) is 2.65. The minimum Gasteiger partial charge on any atom is -0.497 e. The fourth-order valence-electron chi connectivity index (χ4n) is 2.59. The van der Waals surface area contributed by atoms with Crippen molar-refractivity contribution in [3.05, 3.63) is 54.1 Å². The molecule has 1 N–H and O–H groups in total. The molecule has 0 fully saturated rings. The molecular formula is C19H22N2O6S. The van der Waals surface area contributed by atoms with E-state index in [4.69, 9.17) is 4.74 Å². The van der Waals surface area contributed by atoms with Crippen LogP contribution < -0.4 is 14.4 Å². The lowest BCUT2D eigenvalue weighted by Crippen LogP contribution is -2.45. The number of rotatable bonds is 7. The zero-order valence-electron chi connectivity index (χ0n) is 16.0. The summed E-state index contributed by atoms with van der Waals surface area (Å²) in [6.45, 7) is 1.49. The zero-order chi connectivity index (χ0) is 20.9. The molecule has 0 radical (unpaired) electrons. The van der Waals surface area contributed by atoms with Crippen LogP contribution in [0.15, 0.2) is 48.5 Å². The van der Waals surface area contributed by atoms with E-state index in [0.717, 1.165) is 10.6 Å². The number of amides is 1. The van der Waals surface area contributed by atoms with Crippen LogP contribution in [0.1, 0.15) is 17.3 Å². The van der Waals surface area contributed by atoms with Crippen LogP contribution in [0.25, 0.3) is 0 Å². The Labute approximate surface area is 164 Å². The third-order valence-corrected chi connectivity index (χ3v) is 5.23. The first-order valence-corrected chi connectivity index (χ1v) is 10.1. The highest BCUT2D eigenvalue weighted by Gasteiger charge is 2.29. The lowest BCUT2D eigenvalue weighted by molar-refractivity contribution is -0.116. The van der Waals surface area contributed by atoms with Gasteiger partial charge in [0.1, 0.15) is 11.8 Å². The highest BCUT2D eigenvalue weighted by atomic mass is 32.2. The van der Waals surface area contributed by atoms with Crippen molar-refractivity contribution < 1.29 is 27.5 Å². The van der Waals surface area contributed by atoms with Crippen molar-refractivity contribution in [2.24, 2.45) is 0 Å². The quantitative estimate of drug-likeness (QED) is 0.708. The summed E-state index contributed by atoms with van der Waals surface area (Å²) in [5.41, 5.74) is 1.10. The molecule has 2 aromatic rings. The van der Waals surface area contributed by atoms with Crippen LogP contribution in [0.2, 0.25) is 0 Å². The molecule has 0 aliphatic heterocycles. The van der Waals surface area contributed by atoms with E-state index in [-0.39, 0.29) is 0 Å².